The maximum Gasteiger partial charge on any atom is 0.251 e. The van der Waals surface area contributed by atoms with Crippen LogP contribution in [0.25, 0.3) is 0 Å². The van der Waals surface area contributed by atoms with Gasteiger partial charge >= 0.3 is 0 Å². The SMILES string of the molecule is C=CC(=O)NC1CC2CN(S(=O)(=O)c3ccc(C(=O)NCCC45CC6CC(CC(C6)C4)C5)cc3)CC2S1. The second kappa shape index (κ2) is 9.72. The Morgan fingerprint density at radius 3 is 2.27 bits per heavy atom. The van der Waals surface area contributed by atoms with E-state index in [-0.39, 0.29) is 33.3 Å². The van der Waals surface area contributed by atoms with Crippen LogP contribution in [-0.4, -0.2) is 54.8 Å². The first-order valence-electron chi connectivity index (χ1n) is 13.7. The van der Waals surface area contributed by atoms with Crippen molar-refractivity contribution in [2.24, 2.45) is 29.1 Å². The molecule has 2 amide bonds. The fourth-order valence-corrected chi connectivity index (χ4v) is 11.6. The Kier molecular flexibility index (Phi) is 6.68. The van der Waals surface area contributed by atoms with Gasteiger partial charge in [0.1, 0.15) is 0 Å². The van der Waals surface area contributed by atoms with Gasteiger partial charge < -0.3 is 10.6 Å². The van der Waals surface area contributed by atoms with Crippen molar-refractivity contribution in [3.63, 3.8) is 0 Å². The number of fused-ring (bicyclic) bond motifs is 1. The molecule has 3 atom stereocenters. The summed E-state index contributed by atoms with van der Waals surface area (Å²) in [4.78, 5) is 24.6. The number of sulfonamides is 1. The quantitative estimate of drug-likeness (QED) is 0.487. The van der Waals surface area contributed by atoms with Gasteiger partial charge in [0.25, 0.3) is 5.91 Å². The Morgan fingerprint density at radius 1 is 1.03 bits per heavy atom. The summed E-state index contributed by atoms with van der Waals surface area (Å²) in [6.07, 6.45) is 11.4. The Morgan fingerprint density at radius 2 is 1.68 bits per heavy atom. The highest BCUT2D eigenvalue weighted by atomic mass is 32.2. The molecule has 6 fully saturated rings. The van der Waals surface area contributed by atoms with Crippen molar-refractivity contribution in [1.29, 1.82) is 0 Å². The van der Waals surface area contributed by atoms with Crippen LogP contribution in [0.1, 0.15) is 61.7 Å². The van der Waals surface area contributed by atoms with Gasteiger partial charge in [-0.1, -0.05) is 6.58 Å². The molecule has 200 valence electrons. The standard InChI is InChI=1S/C28H37N3O4S2/c1-2-25(32)30-26-12-22-16-31(17-24(22)36-26)37(34,35)23-5-3-21(4-6-23)27(33)29-8-7-28-13-18-9-19(14-28)11-20(10-18)15-28/h2-6,18-20,22,24,26H,1,7-17H2,(H,29,33)(H,30,32). The lowest BCUT2D eigenvalue weighted by atomic mass is 9.49. The number of carbonyl (C=O) groups excluding carboxylic acids is 2. The first kappa shape index (κ1) is 25.4. The molecule has 37 heavy (non-hydrogen) atoms. The van der Waals surface area contributed by atoms with Gasteiger partial charge in [0.15, 0.2) is 0 Å². The molecule has 9 heteroatoms. The van der Waals surface area contributed by atoms with E-state index in [1.54, 1.807) is 40.3 Å². The smallest absolute Gasteiger partial charge is 0.251 e. The molecule has 4 aliphatic carbocycles. The number of thioether (sulfide) groups is 1. The molecule has 6 aliphatic rings. The Bertz CT molecular complexity index is 1130. The van der Waals surface area contributed by atoms with E-state index in [1.165, 1.54) is 44.6 Å². The van der Waals surface area contributed by atoms with Crippen LogP contribution in [0.5, 0.6) is 0 Å². The van der Waals surface area contributed by atoms with E-state index in [4.69, 9.17) is 0 Å². The monoisotopic (exact) mass is 543 g/mol. The van der Waals surface area contributed by atoms with Gasteiger partial charge in [-0.25, -0.2) is 8.42 Å². The van der Waals surface area contributed by atoms with Crippen molar-refractivity contribution in [2.45, 2.75) is 66.9 Å². The molecule has 4 saturated carbocycles. The predicted molar refractivity (Wildman–Crippen MR) is 144 cm³/mol. The van der Waals surface area contributed by atoms with Gasteiger partial charge in [-0.05, 0) is 111 Å². The molecule has 2 heterocycles. The van der Waals surface area contributed by atoms with Crippen molar-refractivity contribution >= 4 is 33.6 Å². The number of benzene rings is 1. The van der Waals surface area contributed by atoms with Crippen LogP contribution in [0.4, 0.5) is 0 Å². The second-order valence-electron chi connectivity index (χ2n) is 12.1. The largest absolute Gasteiger partial charge is 0.352 e. The molecule has 7 rings (SSSR count). The molecule has 0 radical (unpaired) electrons. The second-order valence-corrected chi connectivity index (χ2v) is 15.5. The van der Waals surface area contributed by atoms with Crippen LogP contribution in [0.15, 0.2) is 41.8 Å². The van der Waals surface area contributed by atoms with Crippen LogP contribution in [0.2, 0.25) is 0 Å². The lowest BCUT2D eigenvalue weighted by molar-refractivity contribution is -0.116. The highest BCUT2D eigenvalue weighted by Gasteiger charge is 2.50. The third-order valence-corrected chi connectivity index (χ3v) is 12.9. The summed E-state index contributed by atoms with van der Waals surface area (Å²) in [7, 11) is -3.63. The number of nitrogens with one attached hydrogen (secondary N) is 2. The van der Waals surface area contributed by atoms with E-state index in [9.17, 15) is 18.0 Å². The van der Waals surface area contributed by atoms with E-state index in [2.05, 4.69) is 17.2 Å². The lowest BCUT2D eigenvalue weighted by Crippen LogP contribution is -2.47. The first-order valence-corrected chi connectivity index (χ1v) is 16.1. The van der Waals surface area contributed by atoms with Crippen LogP contribution < -0.4 is 10.6 Å². The summed E-state index contributed by atoms with van der Waals surface area (Å²) < 4.78 is 28.1. The van der Waals surface area contributed by atoms with Gasteiger partial charge in [-0.15, -0.1) is 11.8 Å². The number of carbonyl (C=O) groups is 2. The number of hydrogen-bond acceptors (Lipinski definition) is 5. The van der Waals surface area contributed by atoms with E-state index < -0.39 is 10.0 Å². The maximum absolute atomic E-state index is 13.3. The average molecular weight is 544 g/mol. The van der Waals surface area contributed by atoms with Crippen molar-refractivity contribution < 1.29 is 18.0 Å². The molecule has 0 spiro atoms. The summed E-state index contributed by atoms with van der Waals surface area (Å²) in [6.45, 7) is 5.06. The third kappa shape index (κ3) is 4.99. The minimum atomic E-state index is -3.63. The summed E-state index contributed by atoms with van der Waals surface area (Å²) in [5, 5.41) is 6.18. The molecule has 2 saturated heterocycles. The molecule has 1 aromatic rings. The van der Waals surface area contributed by atoms with Crippen LogP contribution in [0, 0.1) is 29.1 Å². The highest BCUT2D eigenvalue weighted by Crippen LogP contribution is 2.61. The van der Waals surface area contributed by atoms with E-state index in [1.807, 2.05) is 0 Å². The first-order chi connectivity index (χ1) is 17.7. The Labute approximate surface area is 224 Å². The number of rotatable bonds is 8. The number of amides is 2. The Hall–Kier alpha value is -1.84. The van der Waals surface area contributed by atoms with E-state index in [0.717, 1.165) is 30.6 Å². The van der Waals surface area contributed by atoms with E-state index in [0.29, 0.717) is 30.6 Å². The minimum absolute atomic E-state index is 0.00564. The van der Waals surface area contributed by atoms with Gasteiger partial charge in [-0.3, -0.25) is 9.59 Å². The minimum Gasteiger partial charge on any atom is -0.352 e. The Balaban J connectivity index is 1.01. The summed E-state index contributed by atoms with van der Waals surface area (Å²) in [5.41, 5.74) is 0.933. The summed E-state index contributed by atoms with van der Waals surface area (Å²) in [5.74, 6) is 2.61. The van der Waals surface area contributed by atoms with Crippen molar-refractivity contribution in [2.75, 3.05) is 19.6 Å². The topological polar surface area (TPSA) is 95.6 Å². The predicted octanol–water partition coefficient (Wildman–Crippen LogP) is 3.78. The zero-order chi connectivity index (χ0) is 25.8. The molecule has 1 aromatic carbocycles. The zero-order valence-electron chi connectivity index (χ0n) is 21.2. The van der Waals surface area contributed by atoms with Crippen LogP contribution >= 0.6 is 11.8 Å². The summed E-state index contributed by atoms with van der Waals surface area (Å²) >= 11 is 1.63. The maximum atomic E-state index is 13.3. The molecule has 4 bridgehead atoms. The molecule has 0 aromatic heterocycles. The normalized spacial score (nSPS) is 36.3. The molecule has 2 N–H and O–H groups in total. The molecular formula is C28H37N3O4S2. The third-order valence-electron chi connectivity index (χ3n) is 9.55. The van der Waals surface area contributed by atoms with Crippen molar-refractivity contribution in [3.8, 4) is 0 Å². The molecule has 7 nitrogen and oxygen atoms in total. The van der Waals surface area contributed by atoms with E-state index >= 15 is 0 Å². The summed E-state index contributed by atoms with van der Waals surface area (Å²) in [6, 6.07) is 6.36. The van der Waals surface area contributed by atoms with Gasteiger partial charge in [0.05, 0.1) is 10.3 Å². The van der Waals surface area contributed by atoms with Crippen molar-refractivity contribution in [3.05, 3.63) is 42.5 Å². The average Bonchev–Trinajstić information content (AvgIpc) is 3.42. The fraction of sp³-hybridized carbons (Fsp3) is 0.643. The van der Waals surface area contributed by atoms with Crippen molar-refractivity contribution in [1.82, 2.24) is 14.9 Å². The van der Waals surface area contributed by atoms with Crippen LogP contribution in [0.3, 0.4) is 0 Å². The lowest BCUT2D eigenvalue weighted by Gasteiger charge is -2.57. The molecular weight excluding hydrogens is 506 g/mol. The molecule has 2 aliphatic heterocycles. The number of nitrogens with zero attached hydrogens (tertiary/aromatic N) is 1. The zero-order valence-corrected chi connectivity index (χ0v) is 22.9. The highest BCUT2D eigenvalue weighted by molar-refractivity contribution is 8.00. The number of hydrogen-bond donors (Lipinski definition) is 2. The van der Waals surface area contributed by atoms with Crippen LogP contribution in [-0.2, 0) is 14.8 Å². The van der Waals surface area contributed by atoms with Gasteiger partial charge in [0.2, 0.25) is 15.9 Å². The van der Waals surface area contributed by atoms with Gasteiger partial charge in [-0.2, -0.15) is 4.31 Å². The molecule has 3 unspecified atom stereocenters. The van der Waals surface area contributed by atoms with Gasteiger partial charge in [0, 0.05) is 30.4 Å². The fourth-order valence-electron chi connectivity index (χ4n) is 8.30.